The fourth-order valence-corrected chi connectivity index (χ4v) is 1.86. The van der Waals surface area contributed by atoms with E-state index in [-0.39, 0.29) is 30.0 Å². The third-order valence-corrected chi connectivity index (χ3v) is 3.18. The molecule has 1 aromatic carbocycles. The lowest BCUT2D eigenvalue weighted by Crippen LogP contribution is -2.30. The number of nitrogens with two attached hydrogens (primary N) is 1. The highest BCUT2D eigenvalue weighted by Crippen LogP contribution is 2.13. The van der Waals surface area contributed by atoms with E-state index in [1.165, 1.54) is 6.07 Å². The van der Waals surface area contributed by atoms with Crippen molar-refractivity contribution in [1.82, 2.24) is 5.32 Å². The number of carbonyl (C=O) groups is 1. The Bertz CT molecular complexity index is 401. The third-order valence-electron chi connectivity index (χ3n) is 3.18. The van der Waals surface area contributed by atoms with Crippen molar-refractivity contribution >= 4 is 18.3 Å². The molecule has 1 amide bonds. The summed E-state index contributed by atoms with van der Waals surface area (Å²) in [6.45, 7) is 3.19. The predicted molar refractivity (Wildman–Crippen MR) is 82.4 cm³/mol. The summed E-state index contributed by atoms with van der Waals surface area (Å²) in [5, 5.41) is 2.88. The van der Waals surface area contributed by atoms with Crippen LogP contribution in [0.4, 0.5) is 4.39 Å². The lowest BCUT2D eigenvalue weighted by Gasteiger charge is -2.12. The number of amides is 1. The van der Waals surface area contributed by atoms with Crippen LogP contribution in [0.3, 0.4) is 0 Å². The summed E-state index contributed by atoms with van der Waals surface area (Å²) in [6, 6.07) is 6.70. The van der Waals surface area contributed by atoms with Crippen LogP contribution in [0.1, 0.15) is 31.7 Å². The molecular formula is C15H24ClFN2O. The van der Waals surface area contributed by atoms with Gasteiger partial charge in [0.1, 0.15) is 5.82 Å². The van der Waals surface area contributed by atoms with Crippen LogP contribution in [0.5, 0.6) is 0 Å². The number of hydrogen-bond acceptors (Lipinski definition) is 2. The number of benzene rings is 1. The Morgan fingerprint density at radius 3 is 2.70 bits per heavy atom. The van der Waals surface area contributed by atoms with E-state index in [2.05, 4.69) is 5.32 Å². The van der Waals surface area contributed by atoms with Crippen molar-refractivity contribution in [2.24, 2.45) is 11.7 Å². The number of rotatable bonds is 8. The second kappa shape index (κ2) is 10.6. The molecule has 0 fully saturated rings. The van der Waals surface area contributed by atoms with Gasteiger partial charge in [0.2, 0.25) is 5.91 Å². The molecule has 1 atom stereocenters. The van der Waals surface area contributed by atoms with Crippen LogP contribution in [0.2, 0.25) is 0 Å². The fourth-order valence-electron chi connectivity index (χ4n) is 1.86. The molecule has 1 unspecified atom stereocenters. The highest BCUT2D eigenvalue weighted by molar-refractivity contribution is 5.85. The molecule has 1 aromatic rings. The van der Waals surface area contributed by atoms with Crippen molar-refractivity contribution in [1.29, 1.82) is 0 Å². The summed E-state index contributed by atoms with van der Waals surface area (Å²) in [5.74, 6) is -0.260. The molecule has 1 rings (SSSR count). The molecule has 0 radical (unpaired) electrons. The van der Waals surface area contributed by atoms with Crippen molar-refractivity contribution in [2.75, 3.05) is 13.1 Å². The van der Waals surface area contributed by atoms with Crippen LogP contribution in [0.25, 0.3) is 0 Å². The summed E-state index contributed by atoms with van der Waals surface area (Å²) in [5.41, 5.74) is 6.05. The lowest BCUT2D eigenvalue weighted by molar-refractivity contribution is -0.124. The Kier molecular flexibility index (Phi) is 10.0. The molecule has 5 heteroatoms. The molecule has 0 aliphatic rings. The van der Waals surface area contributed by atoms with Crippen LogP contribution in [-0.2, 0) is 11.2 Å². The van der Waals surface area contributed by atoms with Gasteiger partial charge in [-0.15, -0.1) is 12.4 Å². The van der Waals surface area contributed by atoms with E-state index in [0.29, 0.717) is 31.5 Å². The van der Waals surface area contributed by atoms with E-state index in [9.17, 15) is 9.18 Å². The molecule has 0 aliphatic heterocycles. The number of unbranched alkanes of at least 4 members (excludes halogenated alkanes) is 1. The largest absolute Gasteiger partial charge is 0.356 e. The Hall–Kier alpha value is -1.13. The zero-order valence-corrected chi connectivity index (χ0v) is 12.7. The number of hydrogen-bond donors (Lipinski definition) is 2. The monoisotopic (exact) mass is 302 g/mol. The minimum absolute atomic E-state index is 0. The summed E-state index contributed by atoms with van der Waals surface area (Å²) in [4.78, 5) is 11.8. The van der Waals surface area contributed by atoms with Gasteiger partial charge in [-0.1, -0.05) is 25.1 Å². The van der Waals surface area contributed by atoms with Crippen molar-refractivity contribution in [3.05, 3.63) is 35.6 Å². The Morgan fingerprint density at radius 2 is 2.05 bits per heavy atom. The number of aryl methyl sites for hydroxylation is 1. The van der Waals surface area contributed by atoms with Gasteiger partial charge in [0.25, 0.3) is 0 Å². The van der Waals surface area contributed by atoms with Crippen LogP contribution >= 0.6 is 12.4 Å². The topological polar surface area (TPSA) is 55.1 Å². The molecule has 0 aromatic heterocycles. The van der Waals surface area contributed by atoms with Gasteiger partial charge in [0.05, 0.1) is 0 Å². The summed E-state index contributed by atoms with van der Waals surface area (Å²) in [6.07, 6.45) is 3.07. The summed E-state index contributed by atoms with van der Waals surface area (Å²) >= 11 is 0. The average molecular weight is 303 g/mol. The van der Waals surface area contributed by atoms with E-state index in [0.717, 1.165) is 12.8 Å². The molecule has 0 spiro atoms. The first kappa shape index (κ1) is 18.9. The standard InChI is InChI=1S/C15H23FN2O.ClH/c1-12(15(19)18-11-5-4-10-17)8-9-13-6-2-3-7-14(13)16;/h2-3,6-7,12H,4-5,8-11,17H2,1H3,(H,18,19);1H. The number of halogens is 2. The smallest absolute Gasteiger partial charge is 0.222 e. The van der Waals surface area contributed by atoms with Crippen molar-refractivity contribution in [3.8, 4) is 0 Å². The molecule has 0 heterocycles. The van der Waals surface area contributed by atoms with Gasteiger partial charge >= 0.3 is 0 Å². The van der Waals surface area contributed by atoms with Gasteiger partial charge in [-0.05, 0) is 43.9 Å². The zero-order chi connectivity index (χ0) is 14.1. The first-order valence-corrected chi connectivity index (χ1v) is 6.86. The molecular weight excluding hydrogens is 279 g/mol. The quantitative estimate of drug-likeness (QED) is 0.725. The molecule has 114 valence electrons. The average Bonchev–Trinajstić information content (AvgIpc) is 2.42. The fraction of sp³-hybridized carbons (Fsp3) is 0.533. The maximum atomic E-state index is 13.4. The van der Waals surface area contributed by atoms with Crippen LogP contribution in [0, 0.1) is 11.7 Å². The van der Waals surface area contributed by atoms with Crippen LogP contribution in [-0.4, -0.2) is 19.0 Å². The van der Waals surface area contributed by atoms with E-state index in [1.807, 2.05) is 13.0 Å². The minimum Gasteiger partial charge on any atom is -0.356 e. The molecule has 0 saturated carbocycles. The van der Waals surface area contributed by atoms with E-state index < -0.39 is 0 Å². The molecule has 0 bridgehead atoms. The summed E-state index contributed by atoms with van der Waals surface area (Å²) in [7, 11) is 0. The molecule has 0 saturated heterocycles. The van der Waals surface area contributed by atoms with Gasteiger partial charge in [-0.2, -0.15) is 0 Å². The van der Waals surface area contributed by atoms with Gasteiger partial charge in [-0.3, -0.25) is 4.79 Å². The predicted octanol–water partition coefficient (Wildman–Crippen LogP) is 2.67. The Morgan fingerprint density at radius 1 is 1.35 bits per heavy atom. The normalized spacial score (nSPS) is 11.6. The minimum atomic E-state index is -0.196. The van der Waals surface area contributed by atoms with Gasteiger partial charge in [-0.25, -0.2) is 4.39 Å². The number of carbonyl (C=O) groups excluding carboxylic acids is 1. The maximum Gasteiger partial charge on any atom is 0.222 e. The Labute approximate surface area is 126 Å². The highest BCUT2D eigenvalue weighted by Gasteiger charge is 2.13. The van der Waals surface area contributed by atoms with Crippen molar-refractivity contribution in [2.45, 2.75) is 32.6 Å². The van der Waals surface area contributed by atoms with E-state index in [4.69, 9.17) is 5.73 Å². The SMILES string of the molecule is CC(CCc1ccccc1F)C(=O)NCCCCN.Cl. The first-order chi connectivity index (χ1) is 9.15. The number of nitrogens with one attached hydrogen (secondary N) is 1. The zero-order valence-electron chi connectivity index (χ0n) is 11.9. The molecule has 3 N–H and O–H groups in total. The summed E-state index contributed by atoms with van der Waals surface area (Å²) < 4.78 is 13.4. The van der Waals surface area contributed by atoms with Crippen molar-refractivity contribution < 1.29 is 9.18 Å². The molecule has 3 nitrogen and oxygen atoms in total. The molecule has 0 aliphatic carbocycles. The second-order valence-corrected chi connectivity index (χ2v) is 4.82. The lowest BCUT2D eigenvalue weighted by atomic mass is 10.00. The highest BCUT2D eigenvalue weighted by atomic mass is 35.5. The van der Waals surface area contributed by atoms with Gasteiger partial charge in [0, 0.05) is 12.5 Å². The van der Waals surface area contributed by atoms with E-state index in [1.54, 1.807) is 12.1 Å². The Balaban J connectivity index is 0.00000361. The first-order valence-electron chi connectivity index (χ1n) is 6.86. The van der Waals surface area contributed by atoms with Crippen molar-refractivity contribution in [3.63, 3.8) is 0 Å². The van der Waals surface area contributed by atoms with Crippen LogP contribution in [0.15, 0.2) is 24.3 Å². The maximum absolute atomic E-state index is 13.4. The third kappa shape index (κ3) is 6.87. The van der Waals surface area contributed by atoms with Crippen LogP contribution < -0.4 is 11.1 Å². The van der Waals surface area contributed by atoms with E-state index >= 15 is 0 Å². The second-order valence-electron chi connectivity index (χ2n) is 4.82. The van der Waals surface area contributed by atoms with Gasteiger partial charge in [0.15, 0.2) is 0 Å². The molecule has 20 heavy (non-hydrogen) atoms. The van der Waals surface area contributed by atoms with Gasteiger partial charge < -0.3 is 11.1 Å².